The first kappa shape index (κ1) is 35.5. The molecule has 0 bridgehead atoms. The molecule has 0 atom stereocenters. The molecular weight excluding hydrogens is 639 g/mol. The number of alkyl halides is 3. The summed E-state index contributed by atoms with van der Waals surface area (Å²) >= 11 is 1.23. The van der Waals surface area contributed by atoms with Gasteiger partial charge in [-0.2, -0.15) is 18.2 Å². The van der Waals surface area contributed by atoms with Gasteiger partial charge < -0.3 is 20.0 Å². The number of aliphatic carboxylic acids is 1. The minimum atomic E-state index is -4.45. The molecule has 8 nitrogen and oxygen atoms in total. The lowest BCUT2D eigenvalue weighted by Crippen LogP contribution is -2.38. The van der Waals surface area contributed by atoms with Gasteiger partial charge in [0.05, 0.1) is 28.0 Å². The Morgan fingerprint density at radius 1 is 0.979 bits per heavy atom. The predicted octanol–water partition coefficient (Wildman–Crippen LogP) is 7.98. The number of carboxylic acids is 1. The van der Waals surface area contributed by atoms with Crippen LogP contribution in [-0.4, -0.2) is 56.4 Å². The Labute approximate surface area is 283 Å². The summed E-state index contributed by atoms with van der Waals surface area (Å²) in [5.41, 5.74) is 7.02. The van der Waals surface area contributed by atoms with Crippen LogP contribution in [-0.2, 0) is 30.4 Å². The largest absolute Gasteiger partial charge is 0.481 e. The molecule has 0 amide bonds. The number of fused-ring (bicyclic) bond motifs is 2. The van der Waals surface area contributed by atoms with E-state index in [4.69, 9.17) is 10.1 Å². The van der Waals surface area contributed by atoms with Crippen LogP contribution in [0.4, 0.5) is 24.0 Å². The summed E-state index contributed by atoms with van der Waals surface area (Å²) in [5.74, 6) is -0.872. The summed E-state index contributed by atoms with van der Waals surface area (Å²) in [4.78, 5) is 29.7. The Kier molecular flexibility index (Phi) is 9.82. The van der Waals surface area contributed by atoms with Crippen molar-refractivity contribution in [2.24, 2.45) is 5.41 Å². The molecule has 0 spiro atoms. The minimum Gasteiger partial charge on any atom is -0.481 e. The highest BCUT2D eigenvalue weighted by atomic mass is 32.1. The number of nitrogens with zero attached hydrogens (tertiary/aromatic N) is 5. The summed E-state index contributed by atoms with van der Waals surface area (Å²) in [6, 6.07) is 7.50. The molecule has 5 heterocycles. The second kappa shape index (κ2) is 13.3. The number of thiazole rings is 1. The van der Waals surface area contributed by atoms with E-state index < -0.39 is 23.3 Å². The van der Waals surface area contributed by atoms with Gasteiger partial charge in [0, 0.05) is 54.9 Å². The van der Waals surface area contributed by atoms with Gasteiger partial charge in [0.25, 0.3) is 0 Å². The lowest BCUT2D eigenvalue weighted by Gasteiger charge is -2.40. The zero-order valence-corrected chi connectivity index (χ0v) is 29.4. The van der Waals surface area contributed by atoms with Gasteiger partial charge in [0.2, 0.25) is 0 Å². The number of hydrogen-bond acceptors (Lipinski definition) is 8. The van der Waals surface area contributed by atoms with Gasteiger partial charge in [-0.1, -0.05) is 43.4 Å². The second-order valence-electron chi connectivity index (χ2n) is 14.6. The van der Waals surface area contributed by atoms with Crippen LogP contribution in [0.3, 0.4) is 0 Å². The molecule has 2 aliphatic rings. The van der Waals surface area contributed by atoms with E-state index in [-0.39, 0.29) is 11.8 Å². The Balaban J connectivity index is 0.000000840. The number of aromatic nitrogens is 3. The Bertz CT molecular complexity index is 1810. The number of pyridine rings is 2. The summed E-state index contributed by atoms with van der Waals surface area (Å²) < 4.78 is 40.0. The number of carbonyl (C=O) groups is 1. The number of aryl methyl sites for hydroxylation is 2. The number of piperidine rings is 1. The maximum Gasteiger partial charge on any atom is 0.417 e. The molecule has 1 aromatic carbocycles. The van der Waals surface area contributed by atoms with E-state index >= 15 is 0 Å². The molecular formula is C36H44F3N5O3S. The lowest BCUT2D eigenvalue weighted by molar-refractivity contribution is -0.138. The van der Waals surface area contributed by atoms with E-state index in [9.17, 15) is 23.1 Å². The van der Waals surface area contributed by atoms with Crippen LogP contribution in [0.5, 0.6) is 0 Å². The highest BCUT2D eigenvalue weighted by Crippen LogP contribution is 2.43. The molecule has 4 aromatic rings. The van der Waals surface area contributed by atoms with Gasteiger partial charge in [0.1, 0.15) is 0 Å². The normalized spacial score (nSPS) is 16.4. The zero-order chi connectivity index (χ0) is 35.2. The van der Waals surface area contributed by atoms with Crippen LogP contribution in [0.2, 0.25) is 0 Å². The fourth-order valence-electron chi connectivity index (χ4n) is 6.23. The fraction of sp³-hybridized carbons (Fsp3) is 0.500. The molecule has 6 rings (SSSR count). The average molecular weight is 684 g/mol. The molecule has 0 unspecified atom stereocenters. The Morgan fingerprint density at radius 2 is 1.65 bits per heavy atom. The van der Waals surface area contributed by atoms with Crippen LogP contribution in [0.25, 0.3) is 21.5 Å². The number of carboxylic acid groups (broad SMARTS) is 1. The molecule has 0 aliphatic carbocycles. The summed E-state index contributed by atoms with van der Waals surface area (Å²) in [5, 5.41) is 19.0. The van der Waals surface area contributed by atoms with Crippen molar-refractivity contribution in [2.45, 2.75) is 92.5 Å². The fourth-order valence-corrected chi connectivity index (χ4v) is 7.22. The molecule has 48 heavy (non-hydrogen) atoms. The van der Waals surface area contributed by atoms with E-state index in [0.717, 1.165) is 83.9 Å². The zero-order valence-electron chi connectivity index (χ0n) is 28.6. The molecule has 12 heteroatoms. The van der Waals surface area contributed by atoms with Crippen molar-refractivity contribution in [2.75, 3.05) is 29.4 Å². The van der Waals surface area contributed by atoms with Crippen molar-refractivity contribution in [3.05, 3.63) is 64.1 Å². The van der Waals surface area contributed by atoms with Crippen LogP contribution in [0.1, 0.15) is 81.1 Å². The van der Waals surface area contributed by atoms with E-state index in [1.807, 2.05) is 13.8 Å². The molecule has 0 radical (unpaired) electrons. The van der Waals surface area contributed by atoms with E-state index in [1.54, 1.807) is 20.8 Å². The molecule has 2 aliphatic heterocycles. The standard InChI is InChI=1S/C32H34F3N5O2S.C4H10O/c1-18-24(15-26(41)42)28(39-11-8-31(3,4)9-12-39)27(19(2)37-18)21-5-6-22-17-40(10-7-20(22)13-21)30-38-29-25(43-30)14-23(16-36-29)32(33,34)35;1-4(2,3)5/h5-6,13-14,16H,7-12,15,17H2,1-4H3,(H,41,42);5H,1-3H3. The third kappa shape index (κ3) is 8.26. The van der Waals surface area contributed by atoms with Crippen molar-refractivity contribution >= 4 is 38.5 Å². The van der Waals surface area contributed by atoms with Gasteiger partial charge in [-0.05, 0) is 82.1 Å². The predicted molar refractivity (Wildman–Crippen MR) is 185 cm³/mol. The van der Waals surface area contributed by atoms with Crippen molar-refractivity contribution in [1.82, 2.24) is 15.0 Å². The quantitative estimate of drug-likeness (QED) is 0.218. The number of hydrogen-bond donors (Lipinski definition) is 2. The second-order valence-corrected chi connectivity index (χ2v) is 15.6. The van der Waals surface area contributed by atoms with Crippen molar-refractivity contribution < 1.29 is 28.2 Å². The first-order chi connectivity index (χ1) is 22.3. The van der Waals surface area contributed by atoms with Crippen molar-refractivity contribution in [3.63, 3.8) is 0 Å². The highest BCUT2D eigenvalue weighted by molar-refractivity contribution is 7.22. The molecule has 2 N–H and O–H groups in total. The van der Waals surface area contributed by atoms with Crippen LogP contribution < -0.4 is 9.80 Å². The molecule has 1 saturated heterocycles. The Hall–Kier alpha value is -3.77. The smallest absolute Gasteiger partial charge is 0.417 e. The first-order valence-electron chi connectivity index (χ1n) is 16.2. The van der Waals surface area contributed by atoms with Crippen molar-refractivity contribution in [1.29, 1.82) is 0 Å². The molecule has 258 valence electrons. The molecule has 1 fully saturated rings. The third-order valence-electron chi connectivity index (χ3n) is 8.76. The van der Waals surface area contributed by atoms with E-state index in [1.165, 1.54) is 16.9 Å². The number of benzene rings is 1. The summed E-state index contributed by atoms with van der Waals surface area (Å²) in [6.07, 6.45) is -0.897. The van der Waals surface area contributed by atoms with E-state index in [2.05, 4.69) is 51.8 Å². The molecule has 3 aromatic heterocycles. The summed E-state index contributed by atoms with van der Waals surface area (Å²) in [7, 11) is 0. The maximum absolute atomic E-state index is 13.2. The number of rotatable bonds is 5. The van der Waals surface area contributed by atoms with E-state index in [0.29, 0.717) is 28.6 Å². The topological polar surface area (TPSA) is 103 Å². The molecule has 0 saturated carbocycles. The third-order valence-corrected chi connectivity index (χ3v) is 9.81. The van der Waals surface area contributed by atoms with Gasteiger partial charge in [0.15, 0.2) is 10.8 Å². The SMILES string of the molecule is CC(C)(C)O.Cc1nc(C)c(-c2ccc3c(c2)CCN(c2nc4ncc(C(F)(F)F)cc4s2)C3)c(N2CCC(C)(C)CC2)c1CC(=O)O. The monoisotopic (exact) mass is 683 g/mol. The summed E-state index contributed by atoms with van der Waals surface area (Å²) in [6.45, 7) is 16.7. The minimum absolute atomic E-state index is 0.0806. The van der Waals surface area contributed by atoms with Crippen molar-refractivity contribution in [3.8, 4) is 11.1 Å². The van der Waals surface area contributed by atoms with Crippen LogP contribution >= 0.6 is 11.3 Å². The van der Waals surface area contributed by atoms with Gasteiger partial charge in [-0.15, -0.1) is 0 Å². The maximum atomic E-state index is 13.2. The van der Waals surface area contributed by atoms with Crippen LogP contribution in [0, 0.1) is 19.3 Å². The van der Waals surface area contributed by atoms with Gasteiger partial charge >= 0.3 is 12.1 Å². The average Bonchev–Trinajstić information content (AvgIpc) is 3.40. The Morgan fingerprint density at radius 3 is 2.27 bits per heavy atom. The number of aliphatic hydroxyl groups is 1. The highest BCUT2D eigenvalue weighted by Gasteiger charge is 2.33. The van der Waals surface area contributed by atoms with Crippen LogP contribution in [0.15, 0.2) is 30.5 Å². The number of anilines is 2. The van der Waals surface area contributed by atoms with Gasteiger partial charge in [-0.3, -0.25) is 9.78 Å². The first-order valence-corrected chi connectivity index (χ1v) is 17.0. The number of halogens is 3. The lowest BCUT2D eigenvalue weighted by atomic mass is 9.82. The van der Waals surface area contributed by atoms with Gasteiger partial charge in [-0.25, -0.2) is 4.98 Å².